The van der Waals surface area contributed by atoms with Crippen LogP contribution in [0.1, 0.15) is 18.4 Å². The first kappa shape index (κ1) is 18.1. The molecule has 0 atom stereocenters. The summed E-state index contributed by atoms with van der Waals surface area (Å²) in [7, 11) is -2.02. The van der Waals surface area contributed by atoms with Gasteiger partial charge in [-0.2, -0.15) is 4.31 Å². The second-order valence-electron chi connectivity index (χ2n) is 6.03. The van der Waals surface area contributed by atoms with Gasteiger partial charge in [0.15, 0.2) is 0 Å². The van der Waals surface area contributed by atoms with Crippen LogP contribution in [-0.4, -0.2) is 32.2 Å². The molecule has 0 aromatic heterocycles. The second kappa shape index (κ2) is 7.27. The largest absolute Gasteiger partial charge is 0.312 e. The van der Waals surface area contributed by atoms with Crippen LogP contribution in [0.4, 0.5) is 5.69 Å². The zero-order chi connectivity index (χ0) is 18.0. The molecule has 0 N–H and O–H groups in total. The van der Waals surface area contributed by atoms with E-state index in [1.54, 1.807) is 36.2 Å². The number of rotatable bonds is 5. The molecule has 1 amide bonds. The highest BCUT2D eigenvalue weighted by molar-refractivity contribution is 9.10. The van der Waals surface area contributed by atoms with E-state index in [4.69, 9.17) is 0 Å². The third-order valence-electron chi connectivity index (χ3n) is 4.25. The van der Waals surface area contributed by atoms with Crippen molar-refractivity contribution in [1.82, 2.24) is 4.31 Å². The fraction of sp³-hybridized carbons (Fsp3) is 0.278. The van der Waals surface area contributed by atoms with E-state index in [-0.39, 0.29) is 10.8 Å². The Labute approximate surface area is 156 Å². The molecule has 3 rings (SSSR count). The van der Waals surface area contributed by atoms with Crippen LogP contribution in [0.15, 0.2) is 57.9 Å². The Balaban J connectivity index is 1.76. The number of anilines is 1. The summed E-state index contributed by atoms with van der Waals surface area (Å²) in [5.41, 5.74) is 1.66. The van der Waals surface area contributed by atoms with Crippen molar-refractivity contribution in [3.05, 3.63) is 58.6 Å². The van der Waals surface area contributed by atoms with Gasteiger partial charge in [-0.3, -0.25) is 4.79 Å². The van der Waals surface area contributed by atoms with Crippen LogP contribution in [0, 0.1) is 0 Å². The Bertz CT molecular complexity index is 864. The summed E-state index contributed by atoms with van der Waals surface area (Å²) in [6.07, 6.45) is 1.39. The number of amides is 1. The first-order valence-electron chi connectivity index (χ1n) is 7.99. The van der Waals surface area contributed by atoms with Crippen molar-refractivity contribution in [2.24, 2.45) is 0 Å². The van der Waals surface area contributed by atoms with E-state index < -0.39 is 10.0 Å². The van der Waals surface area contributed by atoms with Gasteiger partial charge in [0.1, 0.15) is 0 Å². The van der Waals surface area contributed by atoms with Crippen LogP contribution in [-0.2, 0) is 21.4 Å². The third-order valence-corrected chi connectivity index (χ3v) is 6.59. The van der Waals surface area contributed by atoms with Crippen molar-refractivity contribution in [2.75, 3.05) is 18.5 Å². The molecule has 0 unspecified atom stereocenters. The van der Waals surface area contributed by atoms with Crippen LogP contribution in [0.5, 0.6) is 0 Å². The molecule has 0 saturated carbocycles. The number of hydrogen-bond acceptors (Lipinski definition) is 3. The van der Waals surface area contributed by atoms with Crippen molar-refractivity contribution in [3.63, 3.8) is 0 Å². The Morgan fingerprint density at radius 2 is 1.72 bits per heavy atom. The normalized spacial score (nSPS) is 15.2. The highest BCUT2D eigenvalue weighted by Crippen LogP contribution is 2.24. The lowest BCUT2D eigenvalue weighted by molar-refractivity contribution is -0.117. The molecule has 1 aliphatic rings. The van der Waals surface area contributed by atoms with Gasteiger partial charge in [-0.05, 0) is 48.4 Å². The summed E-state index contributed by atoms with van der Waals surface area (Å²) in [4.78, 5) is 13.7. The lowest BCUT2D eigenvalue weighted by Crippen LogP contribution is -2.27. The molecule has 1 heterocycles. The Morgan fingerprint density at radius 3 is 2.28 bits per heavy atom. The number of carbonyl (C=O) groups is 1. The first-order chi connectivity index (χ1) is 11.9. The van der Waals surface area contributed by atoms with Gasteiger partial charge in [-0.25, -0.2) is 8.42 Å². The maximum absolute atomic E-state index is 12.7. The monoisotopic (exact) mass is 422 g/mol. The third kappa shape index (κ3) is 3.94. The van der Waals surface area contributed by atoms with Gasteiger partial charge in [0.25, 0.3) is 0 Å². The zero-order valence-corrected chi connectivity index (χ0v) is 16.3. The van der Waals surface area contributed by atoms with Gasteiger partial charge >= 0.3 is 0 Å². The molecule has 2 aromatic carbocycles. The number of carbonyl (C=O) groups excluding carboxylic acids is 1. The molecule has 25 heavy (non-hydrogen) atoms. The van der Waals surface area contributed by atoms with Crippen LogP contribution in [0.2, 0.25) is 0 Å². The fourth-order valence-corrected chi connectivity index (χ4v) is 4.25. The summed E-state index contributed by atoms with van der Waals surface area (Å²) < 4.78 is 27.8. The van der Waals surface area contributed by atoms with Crippen LogP contribution < -0.4 is 4.90 Å². The average Bonchev–Trinajstić information content (AvgIpc) is 3.03. The predicted molar refractivity (Wildman–Crippen MR) is 101 cm³/mol. The minimum absolute atomic E-state index is 0.0861. The molecule has 2 aromatic rings. The molecule has 0 spiro atoms. The highest BCUT2D eigenvalue weighted by Gasteiger charge is 2.24. The van der Waals surface area contributed by atoms with Crippen LogP contribution >= 0.6 is 15.9 Å². The van der Waals surface area contributed by atoms with Crippen molar-refractivity contribution in [2.45, 2.75) is 24.3 Å². The molecule has 7 heteroatoms. The molecule has 5 nitrogen and oxygen atoms in total. The van der Waals surface area contributed by atoms with E-state index in [1.807, 2.05) is 24.3 Å². The Kier molecular flexibility index (Phi) is 5.27. The van der Waals surface area contributed by atoms with Crippen molar-refractivity contribution < 1.29 is 13.2 Å². The maximum atomic E-state index is 12.7. The van der Waals surface area contributed by atoms with Gasteiger partial charge in [0, 0.05) is 36.7 Å². The molecule has 1 fully saturated rings. The number of hydrogen-bond donors (Lipinski definition) is 0. The summed E-state index contributed by atoms with van der Waals surface area (Å²) in [6.45, 7) is 0.983. The lowest BCUT2D eigenvalue weighted by atomic mass is 10.2. The van der Waals surface area contributed by atoms with E-state index in [2.05, 4.69) is 15.9 Å². The number of benzene rings is 2. The fourth-order valence-electron chi connectivity index (χ4n) is 2.83. The lowest BCUT2D eigenvalue weighted by Gasteiger charge is -2.19. The smallest absolute Gasteiger partial charge is 0.243 e. The standard InChI is InChI=1S/C18H19BrN2O3S/c1-20(13-14-4-6-15(19)7-5-14)25(23,24)17-10-8-16(9-11-17)21-12-2-3-18(21)22/h4-11H,2-3,12-13H2,1H3. The number of halogens is 1. The summed E-state index contributed by atoms with van der Waals surface area (Å²) >= 11 is 3.37. The van der Waals surface area contributed by atoms with Crippen LogP contribution in [0.3, 0.4) is 0 Å². The van der Waals surface area contributed by atoms with E-state index >= 15 is 0 Å². The molecular weight excluding hydrogens is 404 g/mol. The molecular formula is C18H19BrN2O3S. The summed E-state index contributed by atoms with van der Waals surface area (Å²) in [5, 5.41) is 0. The van der Waals surface area contributed by atoms with Crippen LogP contribution in [0.25, 0.3) is 0 Å². The molecule has 1 saturated heterocycles. The maximum Gasteiger partial charge on any atom is 0.243 e. The van der Waals surface area contributed by atoms with Gasteiger partial charge < -0.3 is 4.90 Å². The number of nitrogens with zero attached hydrogens (tertiary/aromatic N) is 2. The minimum Gasteiger partial charge on any atom is -0.312 e. The van der Waals surface area contributed by atoms with Crippen molar-refractivity contribution >= 4 is 37.5 Å². The van der Waals surface area contributed by atoms with E-state index in [0.29, 0.717) is 19.5 Å². The quantitative estimate of drug-likeness (QED) is 0.741. The second-order valence-corrected chi connectivity index (χ2v) is 8.99. The SMILES string of the molecule is CN(Cc1ccc(Br)cc1)S(=O)(=O)c1ccc(N2CCCC2=O)cc1. The Hall–Kier alpha value is -1.70. The summed E-state index contributed by atoms with van der Waals surface area (Å²) in [6, 6.07) is 14.1. The molecule has 0 aliphatic carbocycles. The minimum atomic E-state index is -3.58. The Morgan fingerprint density at radius 1 is 1.08 bits per heavy atom. The first-order valence-corrected chi connectivity index (χ1v) is 10.2. The van der Waals surface area contributed by atoms with Gasteiger partial charge in [-0.15, -0.1) is 0 Å². The van der Waals surface area contributed by atoms with E-state index in [0.717, 1.165) is 22.1 Å². The van der Waals surface area contributed by atoms with Gasteiger partial charge in [-0.1, -0.05) is 28.1 Å². The molecule has 1 aliphatic heterocycles. The predicted octanol–water partition coefficient (Wildman–Crippen LogP) is 3.40. The number of sulfonamides is 1. The van der Waals surface area contributed by atoms with Crippen molar-refractivity contribution in [3.8, 4) is 0 Å². The zero-order valence-electron chi connectivity index (χ0n) is 13.9. The molecule has 0 bridgehead atoms. The molecule has 132 valence electrons. The topological polar surface area (TPSA) is 57.7 Å². The van der Waals surface area contributed by atoms with Gasteiger partial charge in [0.05, 0.1) is 4.90 Å². The van der Waals surface area contributed by atoms with Gasteiger partial charge in [0.2, 0.25) is 15.9 Å². The highest BCUT2D eigenvalue weighted by atomic mass is 79.9. The summed E-state index contributed by atoms with van der Waals surface area (Å²) in [5.74, 6) is 0.0861. The van der Waals surface area contributed by atoms with E-state index in [9.17, 15) is 13.2 Å². The molecule has 0 radical (unpaired) electrons. The van der Waals surface area contributed by atoms with E-state index in [1.165, 1.54) is 4.31 Å². The van der Waals surface area contributed by atoms with Crippen molar-refractivity contribution in [1.29, 1.82) is 0 Å². The average molecular weight is 423 g/mol.